The molecule has 47 nitrogen and oxygen atoms in total. The zero-order valence-electron chi connectivity index (χ0n) is 52.4. The van der Waals surface area contributed by atoms with Gasteiger partial charge in [-0.05, 0) is 6.42 Å². The number of nitrogens with one attached hydrogen (secondary N) is 6. The fourth-order valence-corrected chi connectivity index (χ4v) is 11.2. The van der Waals surface area contributed by atoms with Crippen molar-refractivity contribution in [2.75, 3.05) is 52.7 Å². The van der Waals surface area contributed by atoms with E-state index in [1.54, 1.807) is 0 Å². The van der Waals surface area contributed by atoms with Crippen molar-refractivity contribution in [3.8, 4) is 0 Å². The summed E-state index contributed by atoms with van der Waals surface area (Å²) in [5.41, 5.74) is 10.5. The number of carbonyl (C=O) groups is 8. The van der Waals surface area contributed by atoms with Crippen LogP contribution in [0.15, 0.2) is 0 Å². The number of aliphatic hydroxyl groups excluding tert-OH is 20. The van der Waals surface area contributed by atoms with Crippen LogP contribution in [0, 0.1) is 0 Å². The van der Waals surface area contributed by atoms with E-state index in [4.69, 9.17) is 58.8 Å². The fraction of sp³-hybridized carbons (Fsp3) is 0.849. The third kappa shape index (κ3) is 20.5. The van der Waals surface area contributed by atoms with Gasteiger partial charge in [-0.15, -0.1) is 0 Å². The summed E-state index contributed by atoms with van der Waals surface area (Å²) >= 11 is 0. The lowest BCUT2D eigenvalue weighted by Crippen LogP contribution is -2.67. The average Bonchev–Trinajstić information content (AvgIpc) is 0.783. The zero-order valence-corrected chi connectivity index (χ0v) is 52.4. The number of ether oxygens (including phenoxy) is 10. The second-order valence-electron chi connectivity index (χ2n) is 23.8. The summed E-state index contributed by atoms with van der Waals surface area (Å²) in [6, 6.07) is -6.21. The maximum atomic E-state index is 14.1. The molecular formula is C53H88N8O39. The van der Waals surface area contributed by atoms with Gasteiger partial charge in [0.05, 0.1) is 65.6 Å². The quantitative estimate of drug-likeness (QED) is 0.0297. The summed E-state index contributed by atoms with van der Waals surface area (Å²) in [5.74, 6) is -10.8. The number of amides is 7. The van der Waals surface area contributed by atoms with Crippen molar-refractivity contribution >= 4 is 47.3 Å². The average molecular weight is 1460 g/mol. The molecule has 0 bridgehead atoms. The van der Waals surface area contributed by atoms with E-state index < -0.39 is 328 Å². The van der Waals surface area contributed by atoms with E-state index in [1.165, 1.54) is 0 Å². The highest BCUT2D eigenvalue weighted by Gasteiger charge is 2.56. The van der Waals surface area contributed by atoms with Crippen molar-refractivity contribution in [1.29, 1.82) is 0 Å². The first-order valence-corrected chi connectivity index (χ1v) is 30.9. The largest absolute Gasteiger partial charge is 0.480 e. The van der Waals surface area contributed by atoms with Gasteiger partial charge in [-0.3, -0.25) is 33.6 Å². The second kappa shape index (κ2) is 37.8. The lowest BCUT2D eigenvalue weighted by molar-refractivity contribution is -0.373. The SMILES string of the molecule is NCC(=O)N[C@@H](CCC(N)=O)C(=O)NCC(=O)N[C@@H](CC(=O)N[C@@H]1O[C@H](CO)[C@@H](O[C@H]2O[C@H](CO)[C@@H](O[C@H]3O[C@H](CO)[C@@H](O)[C@H](O)[C@H]3O)[C@H](O)[C@H]2O)[C@H](O)[C@H]1O)C(=O)N[C@@H](CC(=O)N[C@@H]1O[C@H](CO)[C@@H](O[C@H]2O[C@H](CO)[C@@H](O[C@H]3O[C@H](CO)[C@@H](O)[C@H](O)[C@H]3O)[C@H](O)[C@H]2O)[C@H](O)[C@H]1O)C(=O)O. The van der Waals surface area contributed by atoms with Crippen LogP contribution in [0.2, 0.25) is 0 Å². The number of aliphatic hydroxyl groups is 20. The number of aliphatic carboxylic acids is 1. The van der Waals surface area contributed by atoms with Crippen LogP contribution in [0.1, 0.15) is 25.7 Å². The van der Waals surface area contributed by atoms with Crippen LogP contribution < -0.4 is 43.4 Å². The molecule has 0 aromatic heterocycles. The zero-order chi connectivity index (χ0) is 74.5. The van der Waals surface area contributed by atoms with Crippen molar-refractivity contribution in [3.63, 3.8) is 0 Å². The van der Waals surface area contributed by atoms with Crippen LogP contribution in [-0.4, -0.2) is 410 Å². The summed E-state index contributed by atoms with van der Waals surface area (Å²) in [6.07, 6.45) is -63.0. The van der Waals surface area contributed by atoms with Gasteiger partial charge in [0.15, 0.2) is 37.6 Å². The molecule has 6 rings (SSSR count). The van der Waals surface area contributed by atoms with Gasteiger partial charge in [-0.2, -0.15) is 0 Å². The minimum Gasteiger partial charge on any atom is -0.480 e. The monoisotopic (exact) mass is 1460 g/mol. The summed E-state index contributed by atoms with van der Waals surface area (Å²) in [7, 11) is 0. The Bertz CT molecular complexity index is 2690. The molecule has 31 N–H and O–H groups in total. The molecule has 6 aliphatic heterocycles. The second-order valence-corrected chi connectivity index (χ2v) is 23.8. The fourth-order valence-electron chi connectivity index (χ4n) is 11.2. The van der Waals surface area contributed by atoms with Crippen molar-refractivity contribution in [2.24, 2.45) is 11.5 Å². The normalized spacial score (nSPS) is 40.1. The van der Waals surface area contributed by atoms with Crippen molar-refractivity contribution < 1.29 is 193 Å². The predicted molar refractivity (Wildman–Crippen MR) is 308 cm³/mol. The van der Waals surface area contributed by atoms with E-state index in [9.17, 15) is 146 Å². The van der Waals surface area contributed by atoms with Crippen molar-refractivity contribution in [1.82, 2.24) is 31.9 Å². The minimum absolute atomic E-state index is 0.420. The van der Waals surface area contributed by atoms with Crippen LogP contribution in [0.5, 0.6) is 0 Å². The summed E-state index contributed by atoms with van der Waals surface area (Å²) < 4.78 is 55.0. The first-order valence-electron chi connectivity index (χ1n) is 30.9. The van der Waals surface area contributed by atoms with E-state index in [1.807, 2.05) is 16.0 Å². The van der Waals surface area contributed by atoms with Gasteiger partial charge >= 0.3 is 5.97 Å². The third-order valence-corrected chi connectivity index (χ3v) is 16.8. The van der Waals surface area contributed by atoms with Crippen LogP contribution in [-0.2, 0) is 85.7 Å². The number of primary amides is 1. The van der Waals surface area contributed by atoms with E-state index in [0.29, 0.717) is 0 Å². The molecule has 0 aromatic carbocycles. The van der Waals surface area contributed by atoms with E-state index >= 15 is 0 Å². The van der Waals surface area contributed by atoms with Gasteiger partial charge in [-0.25, -0.2) is 4.79 Å². The van der Waals surface area contributed by atoms with E-state index in [0.717, 1.165) is 0 Å². The minimum atomic E-state index is -2.38. The Labute approximate surface area is 563 Å². The molecule has 47 heteroatoms. The summed E-state index contributed by atoms with van der Waals surface area (Å²) in [4.78, 5) is 104. The highest BCUT2D eigenvalue weighted by atomic mass is 16.8. The molecule has 7 amide bonds. The summed E-state index contributed by atoms with van der Waals surface area (Å²) in [6.45, 7) is -7.93. The third-order valence-electron chi connectivity index (χ3n) is 16.8. The van der Waals surface area contributed by atoms with Gasteiger partial charge in [-0.1, -0.05) is 0 Å². The molecule has 33 atom stereocenters. The van der Waals surface area contributed by atoms with Gasteiger partial charge in [0.2, 0.25) is 41.4 Å². The number of hydrogen-bond donors (Lipinski definition) is 29. The highest BCUT2D eigenvalue weighted by molar-refractivity contribution is 5.96. The molecule has 6 aliphatic rings. The molecule has 574 valence electrons. The van der Waals surface area contributed by atoms with Crippen LogP contribution in [0.3, 0.4) is 0 Å². The molecule has 6 fully saturated rings. The number of nitrogens with two attached hydrogens (primary N) is 2. The topological polar surface area (TPSA) is 778 Å². The maximum Gasteiger partial charge on any atom is 0.326 e. The Balaban J connectivity index is 1.12. The van der Waals surface area contributed by atoms with Crippen LogP contribution in [0.4, 0.5) is 0 Å². The van der Waals surface area contributed by atoms with Crippen molar-refractivity contribution in [2.45, 2.75) is 228 Å². The molecule has 100 heavy (non-hydrogen) atoms. The lowest BCUT2D eigenvalue weighted by Gasteiger charge is -2.48. The van der Waals surface area contributed by atoms with E-state index in [-0.39, 0.29) is 0 Å². The number of carboxylic acid groups (broad SMARTS) is 1. The van der Waals surface area contributed by atoms with Crippen LogP contribution in [0.25, 0.3) is 0 Å². The highest BCUT2D eigenvalue weighted by Crippen LogP contribution is 2.35. The number of hydrogen-bond acceptors (Lipinski definition) is 39. The smallest absolute Gasteiger partial charge is 0.326 e. The molecule has 0 radical (unpaired) electrons. The number of carboxylic acids is 1. The number of carbonyl (C=O) groups excluding carboxylic acids is 7. The van der Waals surface area contributed by atoms with Crippen molar-refractivity contribution in [3.05, 3.63) is 0 Å². The molecule has 0 spiro atoms. The van der Waals surface area contributed by atoms with Gasteiger partial charge < -0.3 is 198 Å². The Kier molecular flexibility index (Phi) is 31.6. The molecule has 6 heterocycles. The first kappa shape index (κ1) is 83.5. The molecular weight excluding hydrogens is 1370 g/mol. The predicted octanol–water partition coefficient (Wildman–Crippen LogP) is -20.2. The molecule has 0 aliphatic carbocycles. The Hall–Kier alpha value is -5.48. The standard InChI is InChI=1S/C53H88N8O39/c54-5-25(71)57-13(1-2-22(55)68)45(87)56-6-26(72)58-14(3-23(69)60-47-35(81)31(77)41(18(9-64)91-47)97-52-39(85)33(79)43(20(11-66)95-52)99-50-37(83)29(75)27(73)16(7-62)93-50)46(88)59-15(49(89)90)4-24(70)61-48-36(82)32(78)42(19(10-65)92-48)98-53-40(86)34(80)44(21(12-67)96-53)100-51-38(84)30(76)28(74)17(8-63)94-51/h13-21,27-44,47-48,50-53,62-67,73-86H,1-12,54H2,(H2,55,68)(H,56,87)(H,57,71)(H,58,72)(H,59,88)(H,60,69)(H,61,70)(H,89,90)/t13-,14-,15-,16+,17+,18+,19+,20+,21+,27+,28+,29-,30-,31+,32+,33+,34+,35+,36+,37+,38+,39+,40+,41+,42+,43+,44+,47+,48+,50+,51+,52+,53+/m0/s1. The lowest BCUT2D eigenvalue weighted by atomic mass is 9.95. The molecule has 6 saturated heterocycles. The van der Waals surface area contributed by atoms with E-state index in [2.05, 4.69) is 16.0 Å². The van der Waals surface area contributed by atoms with Gasteiger partial charge in [0, 0.05) is 6.42 Å². The summed E-state index contributed by atoms with van der Waals surface area (Å²) in [5, 5.41) is 234. The molecule has 0 saturated carbocycles. The van der Waals surface area contributed by atoms with Crippen LogP contribution >= 0.6 is 0 Å². The van der Waals surface area contributed by atoms with Gasteiger partial charge in [0.1, 0.15) is 165 Å². The van der Waals surface area contributed by atoms with Gasteiger partial charge in [0.25, 0.3) is 0 Å². The maximum absolute atomic E-state index is 14.1. The molecule has 0 aromatic rings. The molecule has 0 unspecified atom stereocenters. The Morgan fingerprint density at radius 1 is 0.370 bits per heavy atom. The Morgan fingerprint density at radius 2 is 0.700 bits per heavy atom. The Morgan fingerprint density at radius 3 is 1.05 bits per heavy atom. The first-order chi connectivity index (χ1) is 47.2. The number of rotatable bonds is 32.